The third kappa shape index (κ3) is 2.75. The maximum Gasteiger partial charge on any atom is 0.237 e. The van der Waals surface area contributed by atoms with Crippen molar-refractivity contribution >= 4 is 22.8 Å². The molecule has 1 aliphatic heterocycles. The lowest BCUT2D eigenvalue weighted by Gasteiger charge is -2.34. The monoisotopic (exact) mass is 310 g/mol. The fourth-order valence-corrected chi connectivity index (χ4v) is 2.88. The second-order valence-corrected chi connectivity index (χ2v) is 5.62. The zero-order valence-electron chi connectivity index (χ0n) is 13.2. The highest BCUT2D eigenvalue weighted by atomic mass is 16.2. The summed E-state index contributed by atoms with van der Waals surface area (Å²) in [6.45, 7) is 3.24. The van der Waals surface area contributed by atoms with Gasteiger partial charge in [-0.3, -0.25) is 4.79 Å². The lowest BCUT2D eigenvalue weighted by atomic mass is 10.1. The number of fused-ring (bicyclic) bond motifs is 1. The van der Waals surface area contributed by atoms with E-state index in [9.17, 15) is 4.79 Å². The van der Waals surface area contributed by atoms with Crippen molar-refractivity contribution in [1.82, 2.24) is 19.9 Å². The van der Waals surface area contributed by atoms with Crippen molar-refractivity contribution < 1.29 is 4.79 Å². The van der Waals surface area contributed by atoms with Gasteiger partial charge >= 0.3 is 0 Å². The molecule has 0 aromatic carbocycles. The minimum absolute atomic E-state index is 0.0778. The fourth-order valence-electron chi connectivity index (χ4n) is 2.88. The summed E-state index contributed by atoms with van der Waals surface area (Å²) in [5.74, 6) is 0.681. The Kier molecular flexibility index (Phi) is 3.98. The van der Waals surface area contributed by atoms with E-state index in [-0.39, 0.29) is 12.3 Å². The van der Waals surface area contributed by atoms with E-state index in [1.807, 2.05) is 30.3 Å². The molecule has 1 aliphatic rings. The molecule has 0 fully saturated rings. The molecule has 0 atom stereocenters. The summed E-state index contributed by atoms with van der Waals surface area (Å²) in [5, 5.41) is 9.67. The van der Waals surface area contributed by atoms with Gasteiger partial charge in [0.15, 0.2) is 0 Å². The molecule has 7 heteroatoms. The van der Waals surface area contributed by atoms with Crippen molar-refractivity contribution in [2.45, 2.75) is 19.8 Å². The molecule has 2 aromatic rings. The summed E-state index contributed by atoms with van der Waals surface area (Å²) in [6, 6.07) is 3.87. The van der Waals surface area contributed by atoms with Crippen LogP contribution < -0.4 is 4.90 Å². The fraction of sp³-hybridized carbons (Fsp3) is 0.375. The van der Waals surface area contributed by atoms with Gasteiger partial charge in [-0.15, -0.1) is 0 Å². The first-order chi connectivity index (χ1) is 11.1. The molecule has 0 bridgehead atoms. The van der Waals surface area contributed by atoms with E-state index < -0.39 is 0 Å². The number of amides is 1. The first-order valence-electron chi connectivity index (χ1n) is 7.47. The molecule has 3 rings (SSSR count). The third-order valence-electron chi connectivity index (χ3n) is 4.23. The largest absolute Gasteiger partial charge is 0.346 e. The average molecular weight is 310 g/mol. The lowest BCUT2D eigenvalue weighted by Crippen LogP contribution is -2.40. The van der Waals surface area contributed by atoms with Crippen LogP contribution in [0.3, 0.4) is 0 Å². The number of aromatic amines is 1. The van der Waals surface area contributed by atoms with Crippen molar-refractivity contribution in [3.05, 3.63) is 29.9 Å². The molecule has 0 saturated heterocycles. The molecule has 0 radical (unpaired) electrons. The van der Waals surface area contributed by atoms with Crippen molar-refractivity contribution in [3.63, 3.8) is 0 Å². The highest BCUT2D eigenvalue weighted by Gasteiger charge is 2.24. The number of aromatic nitrogens is 3. The van der Waals surface area contributed by atoms with Gasteiger partial charge in [0.25, 0.3) is 0 Å². The summed E-state index contributed by atoms with van der Waals surface area (Å²) in [5.41, 5.74) is 3.06. The van der Waals surface area contributed by atoms with Crippen LogP contribution in [0.25, 0.3) is 11.0 Å². The smallest absolute Gasteiger partial charge is 0.237 e. The van der Waals surface area contributed by atoms with E-state index in [1.165, 1.54) is 11.9 Å². The minimum atomic E-state index is -0.125. The minimum Gasteiger partial charge on any atom is -0.346 e. The molecule has 0 spiro atoms. The number of nitriles is 1. The Bertz CT molecular complexity index is 815. The van der Waals surface area contributed by atoms with Crippen LogP contribution in [0.2, 0.25) is 0 Å². The maximum atomic E-state index is 12.0. The van der Waals surface area contributed by atoms with Crippen molar-refractivity contribution in [3.8, 4) is 6.07 Å². The van der Waals surface area contributed by atoms with Crippen molar-refractivity contribution in [2.24, 2.45) is 0 Å². The summed E-state index contributed by atoms with van der Waals surface area (Å²) in [6.07, 6.45) is 4.09. The normalized spacial score (nSPS) is 14.9. The quantitative estimate of drug-likeness (QED) is 0.934. The average Bonchev–Trinajstić information content (AvgIpc) is 3.03. The number of anilines is 1. The maximum absolute atomic E-state index is 12.0. The molecule has 118 valence electrons. The summed E-state index contributed by atoms with van der Waals surface area (Å²) < 4.78 is 0. The molecule has 0 saturated carbocycles. The number of H-pyrrole nitrogens is 1. The predicted molar refractivity (Wildman–Crippen MR) is 86.4 cm³/mol. The van der Waals surface area contributed by atoms with Gasteiger partial charge in [0.1, 0.15) is 24.2 Å². The molecular formula is C16H18N6O. The molecule has 7 nitrogen and oxygen atoms in total. The molecule has 0 aliphatic carbocycles. The van der Waals surface area contributed by atoms with Crippen LogP contribution in [0.1, 0.15) is 19.8 Å². The Morgan fingerprint density at radius 1 is 1.52 bits per heavy atom. The zero-order valence-corrected chi connectivity index (χ0v) is 13.2. The number of carbonyl (C=O) groups is 1. The molecule has 0 unspecified atom stereocenters. The molecule has 2 aromatic heterocycles. The van der Waals surface area contributed by atoms with Gasteiger partial charge in [-0.25, -0.2) is 9.97 Å². The molecule has 1 amide bonds. The summed E-state index contributed by atoms with van der Waals surface area (Å²) >= 11 is 0. The highest BCUT2D eigenvalue weighted by Crippen LogP contribution is 2.28. The Morgan fingerprint density at radius 3 is 3.13 bits per heavy atom. The van der Waals surface area contributed by atoms with Gasteiger partial charge in [-0.2, -0.15) is 5.26 Å². The topological polar surface area (TPSA) is 88.9 Å². The number of rotatable bonds is 3. The number of nitrogens with zero attached hydrogens (tertiary/aromatic N) is 5. The second kappa shape index (κ2) is 6.08. The van der Waals surface area contributed by atoms with Crippen LogP contribution in [0.15, 0.2) is 29.9 Å². The van der Waals surface area contributed by atoms with Gasteiger partial charge in [0, 0.05) is 25.5 Å². The Balaban J connectivity index is 1.91. The molecule has 23 heavy (non-hydrogen) atoms. The molecule has 1 N–H and O–H groups in total. The van der Waals surface area contributed by atoms with Gasteiger partial charge in [-0.1, -0.05) is 5.57 Å². The van der Waals surface area contributed by atoms with Crippen LogP contribution in [0.4, 0.5) is 5.82 Å². The van der Waals surface area contributed by atoms with E-state index in [1.54, 1.807) is 4.90 Å². The summed E-state index contributed by atoms with van der Waals surface area (Å²) in [7, 11) is 1.95. The Hall–Kier alpha value is -2.88. The van der Waals surface area contributed by atoms with Gasteiger partial charge in [0.05, 0.1) is 18.0 Å². The zero-order chi connectivity index (χ0) is 16.4. The van der Waals surface area contributed by atoms with Crippen molar-refractivity contribution in [2.75, 3.05) is 25.0 Å². The first-order valence-corrected chi connectivity index (χ1v) is 7.47. The van der Waals surface area contributed by atoms with Crippen LogP contribution in [-0.4, -0.2) is 45.9 Å². The standard InChI is InChI=1S/C16H18N6O/c1-11-5-8-22(14(23)3-6-17)9-13(11)21(2)16-12-4-7-18-15(12)19-10-20-16/h4,7,10H,3,5,8-9H2,1-2H3,(H,18,19,20). The highest BCUT2D eigenvalue weighted by molar-refractivity contribution is 5.88. The van der Waals surface area contributed by atoms with E-state index in [2.05, 4.69) is 21.9 Å². The lowest BCUT2D eigenvalue weighted by molar-refractivity contribution is -0.129. The van der Waals surface area contributed by atoms with Gasteiger partial charge in [-0.05, 0) is 19.4 Å². The van der Waals surface area contributed by atoms with Gasteiger partial charge < -0.3 is 14.8 Å². The number of nitrogens with one attached hydrogen (secondary N) is 1. The molecular weight excluding hydrogens is 292 g/mol. The molecule has 3 heterocycles. The van der Waals surface area contributed by atoms with Crippen LogP contribution in [-0.2, 0) is 4.79 Å². The van der Waals surface area contributed by atoms with Crippen LogP contribution in [0.5, 0.6) is 0 Å². The van der Waals surface area contributed by atoms with E-state index in [4.69, 9.17) is 5.26 Å². The second-order valence-electron chi connectivity index (χ2n) is 5.62. The van der Waals surface area contributed by atoms with Gasteiger partial charge in [0.2, 0.25) is 5.91 Å². The number of likely N-dealkylation sites (N-methyl/N-ethyl adjacent to an activating group) is 1. The van der Waals surface area contributed by atoms with E-state index in [0.717, 1.165) is 29.0 Å². The summed E-state index contributed by atoms with van der Waals surface area (Å²) in [4.78, 5) is 27.4. The predicted octanol–water partition coefficient (Wildman–Crippen LogP) is 1.81. The Labute approximate surface area is 134 Å². The van der Waals surface area contributed by atoms with Crippen LogP contribution in [0, 0.1) is 11.3 Å². The third-order valence-corrected chi connectivity index (χ3v) is 4.23. The number of hydrogen-bond donors (Lipinski definition) is 1. The van der Waals surface area contributed by atoms with Crippen LogP contribution >= 0.6 is 0 Å². The number of hydrogen-bond acceptors (Lipinski definition) is 5. The van der Waals surface area contributed by atoms with E-state index in [0.29, 0.717) is 13.1 Å². The van der Waals surface area contributed by atoms with Crippen molar-refractivity contribution in [1.29, 1.82) is 5.26 Å². The SMILES string of the molecule is CC1=C(N(C)c2ncnc3[nH]ccc23)CN(C(=O)CC#N)CC1. The Morgan fingerprint density at radius 2 is 2.35 bits per heavy atom. The first kappa shape index (κ1) is 15.0. The van der Waals surface area contributed by atoms with E-state index >= 15 is 0 Å². The number of carbonyl (C=O) groups excluding carboxylic acids is 1.